The zero-order valence-corrected chi connectivity index (χ0v) is 16.5. The molecule has 148 valence electrons. The lowest BCUT2D eigenvalue weighted by Gasteiger charge is -2.35. The van der Waals surface area contributed by atoms with E-state index in [4.69, 9.17) is 16.3 Å². The van der Waals surface area contributed by atoms with Crippen LogP contribution in [0.5, 0.6) is 5.75 Å². The Morgan fingerprint density at radius 1 is 1.29 bits per heavy atom. The number of benzene rings is 2. The first-order chi connectivity index (χ1) is 13.3. The minimum Gasteiger partial charge on any atom is -0.487 e. The quantitative estimate of drug-likeness (QED) is 0.830. The van der Waals surface area contributed by atoms with Crippen molar-refractivity contribution in [3.63, 3.8) is 0 Å². The average molecular weight is 404 g/mol. The lowest BCUT2D eigenvalue weighted by molar-refractivity contribution is -0.141. The number of hydrogen-bond acceptors (Lipinski definition) is 3. The van der Waals surface area contributed by atoms with Gasteiger partial charge in [-0.2, -0.15) is 0 Å². The van der Waals surface area contributed by atoms with Crippen molar-refractivity contribution in [1.82, 2.24) is 4.90 Å². The van der Waals surface area contributed by atoms with Crippen LogP contribution in [0.3, 0.4) is 0 Å². The van der Waals surface area contributed by atoms with Gasteiger partial charge in [-0.3, -0.25) is 4.79 Å². The van der Waals surface area contributed by atoms with Gasteiger partial charge in [-0.15, -0.1) is 0 Å². The molecule has 0 radical (unpaired) electrons. The molecule has 1 N–H and O–H groups in total. The number of rotatable bonds is 5. The molecule has 0 bridgehead atoms. The molecule has 0 aliphatic carbocycles. The Bertz CT molecular complexity index is 913. The van der Waals surface area contributed by atoms with E-state index in [1.165, 1.54) is 6.07 Å². The lowest BCUT2D eigenvalue weighted by Crippen LogP contribution is -2.53. The van der Waals surface area contributed by atoms with E-state index in [2.05, 4.69) is 6.07 Å². The highest BCUT2D eigenvalue weighted by Gasteiger charge is 2.35. The Morgan fingerprint density at radius 2 is 2.04 bits per heavy atom. The number of carbonyl (C=O) groups is 1. The van der Waals surface area contributed by atoms with Gasteiger partial charge in [0.25, 0.3) is 0 Å². The second kappa shape index (κ2) is 7.37. The van der Waals surface area contributed by atoms with E-state index in [-0.39, 0.29) is 17.0 Å². The summed E-state index contributed by atoms with van der Waals surface area (Å²) in [5.41, 5.74) is 2.62. The molecule has 2 aromatic rings. The highest BCUT2D eigenvalue weighted by atomic mass is 35.5. The standard InChI is InChI=1S/C22H23ClFNO3/c1-22(10-15-2-5-18(23)19(24)9-15)11-16-8-14(3-6-20(16)28-22)4-7-21(27)25-12-17(26)13-25/h2-3,5-6,8-9,17,26H,4,7,10-13H2,1H3/t22-/m1/s1. The second-order valence-electron chi connectivity index (χ2n) is 8.05. The van der Waals surface area contributed by atoms with Crippen LogP contribution >= 0.6 is 11.6 Å². The fourth-order valence-electron chi connectivity index (χ4n) is 3.98. The highest BCUT2D eigenvalue weighted by molar-refractivity contribution is 6.30. The van der Waals surface area contributed by atoms with Gasteiger partial charge in [-0.05, 0) is 48.2 Å². The maximum absolute atomic E-state index is 13.7. The third kappa shape index (κ3) is 4.01. The maximum Gasteiger partial charge on any atom is 0.223 e. The zero-order chi connectivity index (χ0) is 19.9. The summed E-state index contributed by atoms with van der Waals surface area (Å²) in [6.07, 6.45) is 2.05. The van der Waals surface area contributed by atoms with Crippen LogP contribution in [0, 0.1) is 5.82 Å². The summed E-state index contributed by atoms with van der Waals surface area (Å²) in [5.74, 6) is 0.509. The molecule has 1 atom stereocenters. The molecule has 2 aromatic carbocycles. The molecular formula is C22H23ClFNO3. The first-order valence-electron chi connectivity index (χ1n) is 9.52. The van der Waals surface area contributed by atoms with Crippen LogP contribution in [0.15, 0.2) is 36.4 Å². The maximum atomic E-state index is 13.7. The fraction of sp³-hybridized carbons (Fsp3) is 0.409. The van der Waals surface area contributed by atoms with E-state index in [1.807, 2.05) is 25.1 Å². The van der Waals surface area contributed by atoms with Crippen molar-refractivity contribution in [2.45, 2.75) is 44.3 Å². The number of β-amino-alcohol motifs (C(OH)–C–C–N with tert-alkyl or cyclic N) is 1. The van der Waals surface area contributed by atoms with Crippen molar-refractivity contribution in [3.8, 4) is 5.75 Å². The van der Waals surface area contributed by atoms with Crippen LogP contribution in [0.4, 0.5) is 4.39 Å². The molecule has 2 heterocycles. The van der Waals surface area contributed by atoms with Crippen LogP contribution in [0.25, 0.3) is 0 Å². The minimum atomic E-state index is -0.440. The monoisotopic (exact) mass is 403 g/mol. The first-order valence-corrected chi connectivity index (χ1v) is 9.90. The molecular weight excluding hydrogens is 381 g/mol. The molecule has 4 rings (SSSR count). The zero-order valence-electron chi connectivity index (χ0n) is 15.8. The molecule has 2 aliphatic rings. The Kier molecular flexibility index (Phi) is 5.06. The van der Waals surface area contributed by atoms with Crippen LogP contribution in [-0.4, -0.2) is 40.7 Å². The number of aryl methyl sites for hydroxylation is 1. The smallest absolute Gasteiger partial charge is 0.223 e. The molecule has 1 amide bonds. The van der Waals surface area contributed by atoms with Crippen molar-refractivity contribution < 1.29 is 19.0 Å². The SMILES string of the molecule is C[C@@]1(Cc2ccc(Cl)c(F)c2)Cc2cc(CCC(=O)N3CC(O)C3)ccc2O1. The first kappa shape index (κ1) is 19.2. The number of aliphatic hydroxyl groups excluding tert-OH is 1. The van der Waals surface area contributed by atoms with Gasteiger partial charge in [0.1, 0.15) is 17.2 Å². The molecule has 1 saturated heterocycles. The van der Waals surface area contributed by atoms with Crippen molar-refractivity contribution >= 4 is 17.5 Å². The molecule has 4 nitrogen and oxygen atoms in total. The van der Waals surface area contributed by atoms with Gasteiger partial charge < -0.3 is 14.7 Å². The minimum absolute atomic E-state index is 0.0802. The van der Waals surface area contributed by atoms with Crippen LogP contribution in [0.2, 0.25) is 5.02 Å². The lowest BCUT2D eigenvalue weighted by atomic mass is 9.91. The number of hydrogen-bond donors (Lipinski definition) is 1. The summed E-state index contributed by atoms with van der Waals surface area (Å²) in [6.45, 7) is 2.92. The number of amides is 1. The normalized spacial score (nSPS) is 21.2. The second-order valence-corrected chi connectivity index (χ2v) is 8.46. The number of nitrogens with zero attached hydrogens (tertiary/aromatic N) is 1. The molecule has 0 spiro atoms. The molecule has 1 fully saturated rings. The van der Waals surface area contributed by atoms with Gasteiger partial charge in [0.2, 0.25) is 5.91 Å². The highest BCUT2D eigenvalue weighted by Crippen LogP contribution is 2.38. The van der Waals surface area contributed by atoms with Crippen molar-refractivity contribution in [3.05, 3.63) is 63.9 Å². The molecule has 2 aliphatic heterocycles. The van der Waals surface area contributed by atoms with Gasteiger partial charge in [0.15, 0.2) is 0 Å². The van der Waals surface area contributed by atoms with Crippen LogP contribution in [0.1, 0.15) is 30.0 Å². The van der Waals surface area contributed by atoms with Gasteiger partial charge in [0, 0.05) is 32.4 Å². The average Bonchev–Trinajstić information content (AvgIpc) is 2.95. The number of halogens is 2. The van der Waals surface area contributed by atoms with E-state index in [0.717, 1.165) is 28.9 Å². The van der Waals surface area contributed by atoms with Crippen LogP contribution in [-0.2, 0) is 24.1 Å². The van der Waals surface area contributed by atoms with Gasteiger partial charge in [-0.25, -0.2) is 4.39 Å². The Morgan fingerprint density at radius 3 is 2.75 bits per heavy atom. The summed E-state index contributed by atoms with van der Waals surface area (Å²) >= 11 is 5.77. The number of carbonyl (C=O) groups excluding carboxylic acids is 1. The summed E-state index contributed by atoms with van der Waals surface area (Å²) in [4.78, 5) is 13.8. The number of likely N-dealkylation sites (tertiary alicyclic amines) is 1. The molecule has 0 saturated carbocycles. The Labute approximate surface area is 168 Å². The molecule has 6 heteroatoms. The van der Waals surface area contributed by atoms with Gasteiger partial charge in [0.05, 0.1) is 11.1 Å². The molecule has 28 heavy (non-hydrogen) atoms. The van der Waals surface area contributed by atoms with Crippen molar-refractivity contribution in [1.29, 1.82) is 0 Å². The van der Waals surface area contributed by atoms with Gasteiger partial charge in [-0.1, -0.05) is 29.8 Å². The van der Waals surface area contributed by atoms with Crippen molar-refractivity contribution in [2.24, 2.45) is 0 Å². The topological polar surface area (TPSA) is 49.8 Å². The third-order valence-electron chi connectivity index (χ3n) is 5.45. The number of aliphatic hydroxyl groups is 1. The Hall–Kier alpha value is -2.11. The van der Waals surface area contributed by atoms with Crippen molar-refractivity contribution in [2.75, 3.05) is 13.1 Å². The van der Waals surface area contributed by atoms with Crippen LogP contribution < -0.4 is 4.74 Å². The summed E-state index contributed by atoms with van der Waals surface area (Å²) in [7, 11) is 0. The molecule has 0 aromatic heterocycles. The largest absolute Gasteiger partial charge is 0.487 e. The van der Waals surface area contributed by atoms with Gasteiger partial charge >= 0.3 is 0 Å². The summed E-state index contributed by atoms with van der Waals surface area (Å²) in [5, 5.41) is 9.43. The predicted octanol–water partition coefficient (Wildman–Crippen LogP) is 3.55. The fourth-order valence-corrected chi connectivity index (χ4v) is 4.10. The third-order valence-corrected chi connectivity index (χ3v) is 5.76. The van der Waals surface area contributed by atoms with E-state index in [9.17, 15) is 14.3 Å². The van der Waals surface area contributed by atoms with E-state index >= 15 is 0 Å². The number of ether oxygens (including phenoxy) is 1. The van der Waals surface area contributed by atoms with E-state index in [1.54, 1.807) is 11.0 Å². The predicted molar refractivity (Wildman–Crippen MR) is 105 cm³/mol. The summed E-state index contributed by atoms with van der Waals surface area (Å²) < 4.78 is 19.9. The number of fused-ring (bicyclic) bond motifs is 1. The molecule has 0 unspecified atom stereocenters. The summed E-state index contributed by atoms with van der Waals surface area (Å²) in [6, 6.07) is 10.9. The van der Waals surface area contributed by atoms with E-state index in [0.29, 0.717) is 32.4 Å². The van der Waals surface area contributed by atoms with E-state index < -0.39 is 11.4 Å². The Balaban J connectivity index is 1.39.